The Morgan fingerprint density at radius 1 is 2.00 bits per heavy atom. The fourth-order valence-corrected chi connectivity index (χ4v) is 1.08. The van der Waals surface area contributed by atoms with E-state index in [9.17, 15) is 5.11 Å². The SMILES string of the molecule is [2H]C[C@H]1OC(OC)[C@](C)(O)[C@@H]1[2H]. The summed E-state index contributed by atoms with van der Waals surface area (Å²) in [5.41, 5.74) is -1.31. The average Bonchev–Trinajstić information content (AvgIpc) is 2.25. The lowest BCUT2D eigenvalue weighted by Gasteiger charge is -2.21. The van der Waals surface area contributed by atoms with Crippen LogP contribution in [0.2, 0.25) is 0 Å². The van der Waals surface area contributed by atoms with Gasteiger partial charge < -0.3 is 14.6 Å². The van der Waals surface area contributed by atoms with Gasteiger partial charge in [0.25, 0.3) is 0 Å². The van der Waals surface area contributed by atoms with E-state index in [1.165, 1.54) is 14.0 Å². The summed E-state index contributed by atoms with van der Waals surface area (Å²) in [7, 11) is 1.41. The maximum absolute atomic E-state index is 9.70. The Kier molecular flexibility index (Phi) is 1.37. The van der Waals surface area contributed by atoms with Crippen LogP contribution in [0.15, 0.2) is 0 Å². The molecule has 0 saturated carbocycles. The van der Waals surface area contributed by atoms with Crippen molar-refractivity contribution in [2.24, 2.45) is 0 Å². The molecule has 0 radical (unpaired) electrons. The highest BCUT2D eigenvalue weighted by atomic mass is 16.7. The van der Waals surface area contributed by atoms with Crippen molar-refractivity contribution in [3.8, 4) is 0 Å². The molecular formula is C7H14O3. The molecular weight excluding hydrogens is 132 g/mol. The minimum Gasteiger partial charge on any atom is -0.385 e. The van der Waals surface area contributed by atoms with Crippen LogP contribution >= 0.6 is 0 Å². The van der Waals surface area contributed by atoms with Gasteiger partial charge in [-0.1, -0.05) is 0 Å². The van der Waals surface area contributed by atoms with Crippen molar-refractivity contribution < 1.29 is 17.3 Å². The first-order valence-electron chi connectivity index (χ1n) is 4.44. The first-order chi connectivity index (χ1) is 5.54. The Morgan fingerprint density at radius 2 is 2.70 bits per heavy atom. The summed E-state index contributed by atoms with van der Waals surface area (Å²) in [6.45, 7) is 1.47. The molecule has 0 amide bonds. The topological polar surface area (TPSA) is 38.7 Å². The van der Waals surface area contributed by atoms with Gasteiger partial charge in [0.2, 0.25) is 0 Å². The number of rotatable bonds is 1. The second-order valence-corrected chi connectivity index (χ2v) is 2.63. The van der Waals surface area contributed by atoms with E-state index in [1.807, 2.05) is 0 Å². The van der Waals surface area contributed by atoms with Gasteiger partial charge in [-0.3, -0.25) is 0 Å². The summed E-state index contributed by atoms with van der Waals surface area (Å²) in [5, 5.41) is 9.70. The van der Waals surface area contributed by atoms with E-state index in [1.54, 1.807) is 0 Å². The number of aliphatic hydroxyl groups is 1. The summed E-state index contributed by atoms with van der Waals surface area (Å²) < 4.78 is 24.6. The van der Waals surface area contributed by atoms with Gasteiger partial charge in [-0.05, 0) is 13.8 Å². The molecule has 1 heterocycles. The number of hydrogen-bond acceptors (Lipinski definition) is 3. The molecule has 1 aliphatic rings. The second kappa shape index (κ2) is 2.49. The maximum Gasteiger partial charge on any atom is 0.186 e. The zero-order valence-corrected chi connectivity index (χ0v) is 6.20. The van der Waals surface area contributed by atoms with E-state index in [4.69, 9.17) is 12.2 Å². The van der Waals surface area contributed by atoms with Crippen molar-refractivity contribution in [3.05, 3.63) is 0 Å². The van der Waals surface area contributed by atoms with Crippen LogP contribution in [0.25, 0.3) is 0 Å². The van der Waals surface area contributed by atoms with E-state index in [0.29, 0.717) is 0 Å². The van der Waals surface area contributed by atoms with Gasteiger partial charge >= 0.3 is 0 Å². The van der Waals surface area contributed by atoms with Gasteiger partial charge in [0.1, 0.15) is 5.60 Å². The van der Waals surface area contributed by atoms with Crippen LogP contribution in [0, 0.1) is 0 Å². The van der Waals surface area contributed by atoms with Crippen molar-refractivity contribution in [3.63, 3.8) is 0 Å². The lowest BCUT2D eigenvalue weighted by molar-refractivity contribution is -0.178. The fourth-order valence-electron chi connectivity index (χ4n) is 1.08. The smallest absolute Gasteiger partial charge is 0.186 e. The van der Waals surface area contributed by atoms with Crippen LogP contribution in [-0.2, 0) is 9.47 Å². The van der Waals surface area contributed by atoms with E-state index in [0.717, 1.165) is 0 Å². The molecule has 0 aromatic carbocycles. The van der Waals surface area contributed by atoms with Crippen LogP contribution in [0.5, 0.6) is 0 Å². The van der Waals surface area contributed by atoms with Crippen molar-refractivity contribution in [1.82, 2.24) is 0 Å². The number of methoxy groups -OCH3 is 1. The molecule has 1 rings (SSSR count). The largest absolute Gasteiger partial charge is 0.385 e. The molecule has 1 aliphatic heterocycles. The van der Waals surface area contributed by atoms with E-state index in [-0.39, 0.29) is 6.90 Å². The first kappa shape index (κ1) is 5.52. The first-order valence-corrected chi connectivity index (χ1v) is 3.16. The molecule has 1 saturated heterocycles. The summed E-state index contributed by atoms with van der Waals surface area (Å²) in [5.74, 6) is 0. The molecule has 0 bridgehead atoms. The molecule has 0 spiro atoms. The zero-order chi connectivity index (χ0) is 9.35. The Hall–Kier alpha value is -0.120. The molecule has 3 nitrogen and oxygen atoms in total. The quantitative estimate of drug-likeness (QED) is 0.589. The molecule has 0 aromatic heterocycles. The van der Waals surface area contributed by atoms with Crippen LogP contribution in [0.4, 0.5) is 0 Å². The van der Waals surface area contributed by atoms with Crippen LogP contribution in [-0.4, -0.2) is 30.2 Å². The lowest BCUT2D eigenvalue weighted by atomic mass is 10.0. The van der Waals surface area contributed by atoms with E-state index >= 15 is 0 Å². The third kappa shape index (κ3) is 1.31. The Morgan fingerprint density at radius 3 is 3.00 bits per heavy atom. The number of hydrogen-bond donors (Lipinski definition) is 1. The summed E-state index contributed by atoms with van der Waals surface area (Å²) >= 11 is 0. The lowest BCUT2D eigenvalue weighted by Crippen LogP contribution is -2.35. The highest BCUT2D eigenvalue weighted by Gasteiger charge is 2.42. The molecule has 1 N–H and O–H groups in total. The maximum atomic E-state index is 9.70. The Labute approximate surface area is 63.8 Å². The van der Waals surface area contributed by atoms with Crippen LogP contribution < -0.4 is 0 Å². The minimum absolute atomic E-state index is 0.0236. The van der Waals surface area contributed by atoms with Gasteiger partial charge in [-0.25, -0.2) is 0 Å². The van der Waals surface area contributed by atoms with Gasteiger partial charge in [0, 0.05) is 16.2 Å². The van der Waals surface area contributed by atoms with Crippen molar-refractivity contribution in [2.45, 2.75) is 38.2 Å². The predicted octanol–water partition coefficient (Wildman–Crippen LogP) is 0.519. The number of ether oxygens (including phenoxy) is 2. The molecule has 1 unspecified atom stereocenters. The predicted molar refractivity (Wildman–Crippen MR) is 36.6 cm³/mol. The normalized spacial score (nSPS) is 58.1. The molecule has 3 heteroatoms. The summed E-state index contributed by atoms with van der Waals surface area (Å²) in [4.78, 5) is 0. The zero-order valence-electron chi connectivity index (χ0n) is 8.20. The van der Waals surface area contributed by atoms with Crippen LogP contribution in [0.3, 0.4) is 0 Å². The van der Waals surface area contributed by atoms with Crippen molar-refractivity contribution >= 4 is 0 Å². The monoisotopic (exact) mass is 148 g/mol. The van der Waals surface area contributed by atoms with Gasteiger partial charge in [0.15, 0.2) is 6.29 Å². The molecule has 1 fully saturated rings. The third-order valence-corrected chi connectivity index (χ3v) is 1.51. The fraction of sp³-hybridized carbons (Fsp3) is 1.00. The average molecular weight is 148 g/mol. The Balaban J connectivity index is 2.73. The standard InChI is InChI=1S/C7H14O3/c1-5-4-7(2,8)6(9-3)10-5/h5-6,8H,4H2,1-3H3/t5-,6?,7-/m1/s1/i1D,4D/t4-,5-,6?,7-. The molecule has 10 heavy (non-hydrogen) atoms. The van der Waals surface area contributed by atoms with Gasteiger partial charge in [-0.15, -0.1) is 0 Å². The van der Waals surface area contributed by atoms with Crippen LogP contribution in [0.1, 0.15) is 23.0 Å². The van der Waals surface area contributed by atoms with Crippen molar-refractivity contribution in [2.75, 3.05) is 7.11 Å². The highest BCUT2D eigenvalue weighted by molar-refractivity contribution is 4.85. The summed E-state index contributed by atoms with van der Waals surface area (Å²) in [6.07, 6.45) is -2.14. The van der Waals surface area contributed by atoms with E-state index < -0.39 is 24.4 Å². The molecule has 0 aliphatic carbocycles. The molecule has 0 aromatic rings. The summed E-state index contributed by atoms with van der Waals surface area (Å²) in [6, 6.07) is 0. The second-order valence-electron chi connectivity index (χ2n) is 2.63. The third-order valence-electron chi connectivity index (χ3n) is 1.51. The molecule has 4 atom stereocenters. The van der Waals surface area contributed by atoms with Gasteiger partial charge in [0.05, 0.1) is 6.10 Å². The van der Waals surface area contributed by atoms with E-state index in [2.05, 4.69) is 0 Å². The minimum atomic E-state index is -1.31. The van der Waals surface area contributed by atoms with Gasteiger partial charge in [-0.2, -0.15) is 0 Å². The highest BCUT2D eigenvalue weighted by Crippen LogP contribution is 2.29. The van der Waals surface area contributed by atoms with Crippen molar-refractivity contribution in [1.29, 1.82) is 0 Å². The molecule has 60 valence electrons. The Bertz CT molecular complexity index is 159.